The summed E-state index contributed by atoms with van der Waals surface area (Å²) in [6.07, 6.45) is 3.53. The monoisotopic (exact) mass is 295 g/mol. The van der Waals surface area contributed by atoms with Gasteiger partial charge in [-0.15, -0.1) is 11.3 Å². The van der Waals surface area contributed by atoms with Gasteiger partial charge in [-0.3, -0.25) is 9.69 Å². The lowest BCUT2D eigenvalue weighted by Gasteiger charge is -2.42. The van der Waals surface area contributed by atoms with E-state index in [1.165, 1.54) is 10.4 Å². The minimum atomic E-state index is -0.612. The average Bonchev–Trinajstić information content (AvgIpc) is 2.84. The molecule has 2 unspecified atom stereocenters. The zero-order valence-corrected chi connectivity index (χ0v) is 13.5. The van der Waals surface area contributed by atoms with Crippen molar-refractivity contribution in [3.8, 4) is 0 Å². The van der Waals surface area contributed by atoms with Crippen LogP contribution in [0.5, 0.6) is 0 Å². The van der Waals surface area contributed by atoms with Crippen molar-refractivity contribution in [3.05, 3.63) is 21.9 Å². The first-order chi connectivity index (χ1) is 9.50. The van der Waals surface area contributed by atoms with Crippen LogP contribution in [0.3, 0.4) is 0 Å². The van der Waals surface area contributed by atoms with Crippen LogP contribution in [-0.4, -0.2) is 29.1 Å². The molecule has 112 valence electrons. The highest BCUT2D eigenvalue weighted by atomic mass is 32.1. The fraction of sp³-hybridized carbons (Fsp3) is 0.688. The third kappa shape index (κ3) is 2.91. The van der Waals surface area contributed by atoms with E-state index in [0.717, 1.165) is 32.2 Å². The van der Waals surface area contributed by atoms with Gasteiger partial charge in [-0.05, 0) is 56.7 Å². The number of hydrogen-bond acceptors (Lipinski definition) is 3. The van der Waals surface area contributed by atoms with Crippen molar-refractivity contribution >= 4 is 17.3 Å². The summed E-state index contributed by atoms with van der Waals surface area (Å²) >= 11 is 1.78. The molecule has 0 bridgehead atoms. The van der Waals surface area contributed by atoms with Gasteiger partial charge in [-0.25, -0.2) is 0 Å². The van der Waals surface area contributed by atoms with Gasteiger partial charge in [-0.2, -0.15) is 0 Å². The Morgan fingerprint density at radius 2 is 2.35 bits per heavy atom. The quantitative estimate of drug-likeness (QED) is 0.889. The molecule has 0 amide bonds. The molecule has 2 rings (SSSR count). The molecule has 0 radical (unpaired) electrons. The van der Waals surface area contributed by atoms with Gasteiger partial charge < -0.3 is 5.11 Å². The summed E-state index contributed by atoms with van der Waals surface area (Å²) in [5.74, 6) is -0.612. The van der Waals surface area contributed by atoms with Gasteiger partial charge >= 0.3 is 5.97 Å². The highest BCUT2D eigenvalue weighted by Crippen LogP contribution is 2.39. The maximum atomic E-state index is 11.8. The Labute approximate surface area is 125 Å². The molecule has 0 aromatic carbocycles. The van der Waals surface area contributed by atoms with Crippen LogP contribution in [0.1, 0.15) is 56.0 Å². The first kappa shape index (κ1) is 15.5. The lowest BCUT2D eigenvalue weighted by Crippen LogP contribution is -2.48. The van der Waals surface area contributed by atoms with Crippen molar-refractivity contribution in [3.63, 3.8) is 0 Å². The normalized spacial score (nSPS) is 25.6. The number of aryl methyl sites for hydroxylation is 1. The Bertz CT molecular complexity index is 467. The summed E-state index contributed by atoms with van der Waals surface area (Å²) in [7, 11) is 0. The molecule has 1 saturated heterocycles. The van der Waals surface area contributed by atoms with Gasteiger partial charge in [0.2, 0.25) is 0 Å². The maximum absolute atomic E-state index is 11.8. The molecule has 0 saturated carbocycles. The van der Waals surface area contributed by atoms with Crippen molar-refractivity contribution < 1.29 is 9.90 Å². The minimum Gasteiger partial charge on any atom is -0.481 e. The molecule has 0 spiro atoms. The molecule has 1 fully saturated rings. The van der Waals surface area contributed by atoms with Crippen molar-refractivity contribution in [1.29, 1.82) is 0 Å². The second kappa shape index (κ2) is 6.27. The number of aliphatic carboxylic acids is 1. The van der Waals surface area contributed by atoms with Gasteiger partial charge in [0.15, 0.2) is 0 Å². The van der Waals surface area contributed by atoms with E-state index in [0.29, 0.717) is 12.6 Å². The first-order valence-electron chi connectivity index (χ1n) is 7.51. The fourth-order valence-electron chi connectivity index (χ4n) is 3.44. The standard InChI is InChI=1S/C16H25NO2S/c1-4-7-16(15(18)19)8-5-9-17(11-16)13(3)14-12(2)6-10-20-14/h6,10,13H,4-5,7-9,11H2,1-3H3,(H,18,19). The molecule has 1 aliphatic heterocycles. The Morgan fingerprint density at radius 1 is 1.60 bits per heavy atom. The summed E-state index contributed by atoms with van der Waals surface area (Å²) in [5.41, 5.74) is 0.788. The SMILES string of the molecule is CCCC1(C(=O)O)CCCN(C(C)c2sccc2C)C1. The van der Waals surface area contributed by atoms with E-state index >= 15 is 0 Å². The molecular formula is C16H25NO2S. The summed E-state index contributed by atoms with van der Waals surface area (Å²) in [4.78, 5) is 15.5. The van der Waals surface area contributed by atoms with Crippen LogP contribution < -0.4 is 0 Å². The lowest BCUT2D eigenvalue weighted by atomic mass is 9.76. The van der Waals surface area contributed by atoms with Crippen molar-refractivity contribution in [2.24, 2.45) is 5.41 Å². The van der Waals surface area contributed by atoms with Crippen molar-refractivity contribution in [1.82, 2.24) is 4.90 Å². The molecule has 1 aromatic heterocycles. The van der Waals surface area contributed by atoms with Crippen LogP contribution >= 0.6 is 11.3 Å². The van der Waals surface area contributed by atoms with Gasteiger partial charge in [0, 0.05) is 17.5 Å². The van der Waals surface area contributed by atoms with Crippen LogP contribution in [0.25, 0.3) is 0 Å². The highest BCUT2D eigenvalue weighted by Gasteiger charge is 2.42. The predicted octanol–water partition coefficient (Wildman–Crippen LogP) is 4.08. The van der Waals surface area contributed by atoms with E-state index in [-0.39, 0.29) is 0 Å². The number of nitrogens with zero attached hydrogens (tertiary/aromatic N) is 1. The molecular weight excluding hydrogens is 270 g/mol. The Hall–Kier alpha value is -0.870. The zero-order chi connectivity index (χ0) is 14.8. The largest absolute Gasteiger partial charge is 0.481 e. The Morgan fingerprint density at radius 3 is 2.90 bits per heavy atom. The Balaban J connectivity index is 2.17. The predicted molar refractivity (Wildman–Crippen MR) is 83.3 cm³/mol. The van der Waals surface area contributed by atoms with Gasteiger partial charge in [0.05, 0.1) is 5.41 Å². The fourth-order valence-corrected chi connectivity index (χ4v) is 4.46. The van der Waals surface area contributed by atoms with Gasteiger partial charge in [0.1, 0.15) is 0 Å². The average molecular weight is 295 g/mol. The topological polar surface area (TPSA) is 40.5 Å². The first-order valence-corrected chi connectivity index (χ1v) is 8.39. The number of carbonyl (C=O) groups is 1. The summed E-state index contributed by atoms with van der Waals surface area (Å²) in [6, 6.07) is 2.47. The second-order valence-electron chi connectivity index (χ2n) is 6.05. The van der Waals surface area contributed by atoms with Crippen LogP contribution in [-0.2, 0) is 4.79 Å². The van der Waals surface area contributed by atoms with Crippen LogP contribution in [0, 0.1) is 12.3 Å². The maximum Gasteiger partial charge on any atom is 0.310 e. The molecule has 0 aliphatic carbocycles. The van der Waals surface area contributed by atoms with Crippen LogP contribution in [0.15, 0.2) is 11.4 Å². The zero-order valence-electron chi connectivity index (χ0n) is 12.7. The van der Waals surface area contributed by atoms with Crippen LogP contribution in [0.2, 0.25) is 0 Å². The summed E-state index contributed by atoms with van der Waals surface area (Å²) < 4.78 is 0. The van der Waals surface area contributed by atoms with Gasteiger partial charge in [0.25, 0.3) is 0 Å². The second-order valence-corrected chi connectivity index (χ2v) is 7.00. The van der Waals surface area contributed by atoms with E-state index in [9.17, 15) is 9.90 Å². The van der Waals surface area contributed by atoms with Crippen molar-refractivity contribution in [2.45, 2.75) is 52.5 Å². The third-order valence-corrected chi connectivity index (χ3v) is 5.81. The lowest BCUT2D eigenvalue weighted by molar-refractivity contribution is -0.153. The third-order valence-electron chi connectivity index (χ3n) is 4.62. The number of likely N-dealkylation sites (tertiary alicyclic amines) is 1. The van der Waals surface area contributed by atoms with Gasteiger partial charge in [-0.1, -0.05) is 13.3 Å². The minimum absolute atomic E-state index is 0.325. The summed E-state index contributed by atoms with van der Waals surface area (Å²) in [5, 5.41) is 11.8. The number of piperidine rings is 1. The molecule has 2 atom stereocenters. The van der Waals surface area contributed by atoms with E-state index in [2.05, 4.69) is 37.1 Å². The molecule has 1 aromatic rings. The number of carboxylic acids is 1. The number of thiophene rings is 1. The Kier molecular flexibility index (Phi) is 4.86. The van der Waals surface area contributed by atoms with E-state index in [1.807, 2.05) is 0 Å². The molecule has 1 aliphatic rings. The summed E-state index contributed by atoms with van der Waals surface area (Å²) in [6.45, 7) is 8.13. The molecule has 20 heavy (non-hydrogen) atoms. The van der Waals surface area contributed by atoms with E-state index in [4.69, 9.17) is 0 Å². The molecule has 1 N–H and O–H groups in total. The molecule has 4 heteroatoms. The number of rotatable bonds is 5. The molecule has 3 nitrogen and oxygen atoms in total. The number of carboxylic acid groups (broad SMARTS) is 1. The smallest absolute Gasteiger partial charge is 0.310 e. The van der Waals surface area contributed by atoms with Crippen LogP contribution in [0.4, 0.5) is 0 Å². The van der Waals surface area contributed by atoms with E-state index < -0.39 is 11.4 Å². The van der Waals surface area contributed by atoms with E-state index in [1.54, 1.807) is 11.3 Å². The molecule has 2 heterocycles. The highest BCUT2D eigenvalue weighted by molar-refractivity contribution is 7.10. The number of hydrogen-bond donors (Lipinski definition) is 1. The van der Waals surface area contributed by atoms with Crippen molar-refractivity contribution in [2.75, 3.05) is 13.1 Å².